The van der Waals surface area contributed by atoms with E-state index in [1.54, 1.807) is 12.1 Å². The number of hydrogen-bond acceptors (Lipinski definition) is 2. The molecule has 0 saturated heterocycles. The number of esters is 1. The Morgan fingerprint density at radius 2 is 1.40 bits per heavy atom. The summed E-state index contributed by atoms with van der Waals surface area (Å²) in [6, 6.07) is 9.15. The van der Waals surface area contributed by atoms with E-state index < -0.39 is 0 Å². The first-order chi connectivity index (χ1) is 9.84. The normalized spacial score (nSPS) is 10.4. The van der Waals surface area contributed by atoms with Crippen molar-refractivity contribution in [2.45, 2.75) is 51.4 Å². The lowest BCUT2D eigenvalue weighted by Crippen LogP contribution is -2.06. The summed E-state index contributed by atoms with van der Waals surface area (Å²) in [6.45, 7) is 0.528. The summed E-state index contributed by atoms with van der Waals surface area (Å²) < 4.78 is 5.23. The lowest BCUT2D eigenvalue weighted by molar-refractivity contribution is 0.0497. The van der Waals surface area contributed by atoms with Gasteiger partial charge in [0.1, 0.15) is 0 Å². The van der Waals surface area contributed by atoms with Crippen LogP contribution in [-0.4, -0.2) is 18.5 Å². The predicted molar refractivity (Wildman–Crippen MR) is 84.4 cm³/mol. The van der Waals surface area contributed by atoms with Crippen LogP contribution < -0.4 is 0 Å². The van der Waals surface area contributed by atoms with Crippen molar-refractivity contribution >= 4 is 17.6 Å². The molecule has 0 N–H and O–H groups in total. The molecule has 112 valence electrons. The number of halogens is 1. The number of benzene rings is 1. The van der Waals surface area contributed by atoms with Crippen LogP contribution in [0.3, 0.4) is 0 Å². The molecule has 0 atom stereocenters. The molecule has 0 amide bonds. The summed E-state index contributed by atoms with van der Waals surface area (Å²) in [4.78, 5) is 11.6. The fraction of sp³-hybridized carbons (Fsp3) is 0.588. The quantitative estimate of drug-likeness (QED) is 0.318. The van der Waals surface area contributed by atoms with Gasteiger partial charge in [0.05, 0.1) is 12.2 Å². The van der Waals surface area contributed by atoms with Gasteiger partial charge in [-0.25, -0.2) is 4.79 Å². The Morgan fingerprint density at radius 3 is 2.00 bits per heavy atom. The lowest BCUT2D eigenvalue weighted by Gasteiger charge is -2.05. The highest BCUT2D eigenvalue weighted by Gasteiger charge is 2.04. The minimum Gasteiger partial charge on any atom is -0.462 e. The van der Waals surface area contributed by atoms with Gasteiger partial charge in [0.25, 0.3) is 0 Å². The first kappa shape index (κ1) is 17.0. The molecular formula is C17H25ClO2. The van der Waals surface area contributed by atoms with Gasteiger partial charge in [0, 0.05) is 5.88 Å². The Kier molecular flexibility index (Phi) is 10.0. The smallest absolute Gasteiger partial charge is 0.338 e. The van der Waals surface area contributed by atoms with E-state index in [1.807, 2.05) is 18.2 Å². The maximum Gasteiger partial charge on any atom is 0.338 e. The topological polar surface area (TPSA) is 26.3 Å². The fourth-order valence-corrected chi connectivity index (χ4v) is 2.27. The second-order valence-electron chi connectivity index (χ2n) is 5.02. The Balaban J connectivity index is 1.91. The number of carbonyl (C=O) groups excluding carboxylic acids is 1. The molecule has 1 rings (SSSR count). The molecule has 0 spiro atoms. The Morgan fingerprint density at radius 1 is 0.850 bits per heavy atom. The van der Waals surface area contributed by atoms with Crippen molar-refractivity contribution in [3.05, 3.63) is 35.9 Å². The van der Waals surface area contributed by atoms with Crippen molar-refractivity contribution in [1.82, 2.24) is 0 Å². The fourth-order valence-electron chi connectivity index (χ4n) is 2.08. The first-order valence-corrected chi connectivity index (χ1v) is 8.16. The Hall–Kier alpha value is -1.02. The molecule has 20 heavy (non-hydrogen) atoms. The van der Waals surface area contributed by atoms with Crippen LogP contribution in [0.15, 0.2) is 30.3 Å². The molecule has 0 fully saturated rings. The van der Waals surface area contributed by atoms with E-state index in [0.717, 1.165) is 25.1 Å². The van der Waals surface area contributed by atoms with Crippen molar-refractivity contribution in [3.8, 4) is 0 Å². The van der Waals surface area contributed by atoms with E-state index >= 15 is 0 Å². The SMILES string of the molecule is O=C(OCCCCCCCCCCCl)c1ccccc1. The van der Waals surface area contributed by atoms with Crippen molar-refractivity contribution in [1.29, 1.82) is 0 Å². The number of hydrogen-bond donors (Lipinski definition) is 0. The van der Waals surface area contributed by atoms with Crippen LogP contribution in [0.2, 0.25) is 0 Å². The summed E-state index contributed by atoms with van der Waals surface area (Å²) in [6.07, 6.45) is 9.56. The summed E-state index contributed by atoms with van der Waals surface area (Å²) in [5.41, 5.74) is 0.631. The summed E-state index contributed by atoms with van der Waals surface area (Å²) in [5.74, 6) is 0.568. The van der Waals surface area contributed by atoms with Crippen molar-refractivity contribution in [2.75, 3.05) is 12.5 Å². The van der Waals surface area contributed by atoms with E-state index in [0.29, 0.717) is 12.2 Å². The molecule has 3 heteroatoms. The van der Waals surface area contributed by atoms with Crippen LogP contribution in [0.25, 0.3) is 0 Å². The van der Waals surface area contributed by atoms with Gasteiger partial charge in [-0.15, -0.1) is 11.6 Å². The van der Waals surface area contributed by atoms with Crippen LogP contribution in [0.1, 0.15) is 61.7 Å². The van der Waals surface area contributed by atoms with Crippen LogP contribution in [0.5, 0.6) is 0 Å². The van der Waals surface area contributed by atoms with Crippen molar-refractivity contribution in [2.24, 2.45) is 0 Å². The zero-order valence-corrected chi connectivity index (χ0v) is 12.9. The predicted octanol–water partition coefficient (Wildman–Crippen LogP) is 5.20. The van der Waals surface area contributed by atoms with Gasteiger partial charge in [-0.1, -0.05) is 56.7 Å². The standard InChI is InChI=1S/C17H25ClO2/c18-14-10-5-3-1-2-4-6-11-15-20-17(19)16-12-8-7-9-13-16/h7-9,12-13H,1-6,10-11,14-15H2. The van der Waals surface area contributed by atoms with E-state index in [1.165, 1.54) is 32.1 Å². The number of ether oxygens (including phenoxy) is 1. The second-order valence-corrected chi connectivity index (χ2v) is 5.40. The third kappa shape index (κ3) is 8.21. The Bertz CT molecular complexity index is 351. The highest BCUT2D eigenvalue weighted by atomic mass is 35.5. The van der Waals surface area contributed by atoms with Crippen LogP contribution in [-0.2, 0) is 4.74 Å². The molecule has 0 unspecified atom stereocenters. The third-order valence-corrected chi connectivity index (χ3v) is 3.54. The average Bonchev–Trinajstić information content (AvgIpc) is 2.50. The summed E-state index contributed by atoms with van der Waals surface area (Å²) in [7, 11) is 0. The van der Waals surface area contributed by atoms with Gasteiger partial charge >= 0.3 is 5.97 Å². The van der Waals surface area contributed by atoms with E-state index in [2.05, 4.69) is 0 Å². The van der Waals surface area contributed by atoms with Crippen molar-refractivity contribution < 1.29 is 9.53 Å². The van der Waals surface area contributed by atoms with Gasteiger partial charge in [0.15, 0.2) is 0 Å². The monoisotopic (exact) mass is 296 g/mol. The zero-order valence-electron chi connectivity index (χ0n) is 12.2. The average molecular weight is 297 g/mol. The zero-order chi connectivity index (χ0) is 14.5. The van der Waals surface area contributed by atoms with Gasteiger partial charge in [-0.3, -0.25) is 0 Å². The van der Waals surface area contributed by atoms with Gasteiger partial charge in [-0.05, 0) is 25.0 Å². The second kappa shape index (κ2) is 11.8. The maximum absolute atomic E-state index is 11.6. The van der Waals surface area contributed by atoms with E-state index in [4.69, 9.17) is 16.3 Å². The van der Waals surface area contributed by atoms with Crippen LogP contribution in [0.4, 0.5) is 0 Å². The molecule has 1 aromatic rings. The van der Waals surface area contributed by atoms with Crippen LogP contribution >= 0.6 is 11.6 Å². The number of unbranched alkanes of at least 4 members (excludes halogenated alkanes) is 7. The van der Waals surface area contributed by atoms with E-state index in [-0.39, 0.29) is 5.97 Å². The summed E-state index contributed by atoms with van der Waals surface area (Å²) in [5, 5.41) is 0. The maximum atomic E-state index is 11.6. The number of alkyl halides is 1. The Labute approximate surface area is 127 Å². The van der Waals surface area contributed by atoms with Crippen molar-refractivity contribution in [3.63, 3.8) is 0 Å². The highest BCUT2D eigenvalue weighted by Crippen LogP contribution is 2.09. The molecule has 2 nitrogen and oxygen atoms in total. The molecular weight excluding hydrogens is 272 g/mol. The number of rotatable bonds is 11. The van der Waals surface area contributed by atoms with Gasteiger partial charge in [-0.2, -0.15) is 0 Å². The minimum absolute atomic E-state index is 0.216. The molecule has 0 saturated carbocycles. The molecule has 0 radical (unpaired) electrons. The molecule has 0 heterocycles. The molecule has 0 aliphatic carbocycles. The van der Waals surface area contributed by atoms with E-state index in [9.17, 15) is 4.79 Å². The summed E-state index contributed by atoms with van der Waals surface area (Å²) >= 11 is 5.63. The van der Waals surface area contributed by atoms with Crippen LogP contribution in [0, 0.1) is 0 Å². The molecule has 0 bridgehead atoms. The van der Waals surface area contributed by atoms with Gasteiger partial charge in [0.2, 0.25) is 0 Å². The number of carbonyl (C=O) groups is 1. The molecule has 1 aromatic carbocycles. The third-order valence-electron chi connectivity index (χ3n) is 3.27. The lowest BCUT2D eigenvalue weighted by atomic mass is 10.1. The highest BCUT2D eigenvalue weighted by molar-refractivity contribution is 6.17. The van der Waals surface area contributed by atoms with Gasteiger partial charge < -0.3 is 4.74 Å². The minimum atomic E-state index is -0.216. The molecule has 0 aliphatic rings. The largest absolute Gasteiger partial charge is 0.462 e. The first-order valence-electron chi connectivity index (χ1n) is 7.62. The molecule has 0 aromatic heterocycles. The molecule has 0 aliphatic heterocycles.